The molecule has 1 unspecified atom stereocenters. The molecule has 1 N–H and O–H groups in total. The van der Waals surface area contributed by atoms with Crippen LogP contribution in [0.25, 0.3) is 0 Å². The Balaban J connectivity index is 1.41. The van der Waals surface area contributed by atoms with Crippen molar-refractivity contribution in [2.45, 2.75) is 57.0 Å². The second-order valence-corrected chi connectivity index (χ2v) is 8.29. The van der Waals surface area contributed by atoms with Crippen molar-refractivity contribution in [1.82, 2.24) is 10.2 Å². The van der Waals surface area contributed by atoms with Gasteiger partial charge in [-0.25, -0.2) is 0 Å². The van der Waals surface area contributed by atoms with Crippen molar-refractivity contribution < 1.29 is 14.0 Å². The number of carbonyl (C=O) groups is 2. The van der Waals surface area contributed by atoms with Gasteiger partial charge in [-0.3, -0.25) is 9.59 Å². The number of furan rings is 1. The van der Waals surface area contributed by atoms with Gasteiger partial charge in [0.1, 0.15) is 5.76 Å². The Morgan fingerprint density at radius 3 is 2.64 bits per heavy atom. The Labute approximate surface area is 166 Å². The molecule has 2 aromatic rings. The Kier molecular flexibility index (Phi) is 5.51. The Morgan fingerprint density at radius 2 is 2.00 bits per heavy atom. The zero-order valence-corrected chi connectivity index (χ0v) is 16.2. The van der Waals surface area contributed by atoms with Gasteiger partial charge < -0.3 is 14.6 Å². The van der Waals surface area contributed by atoms with Crippen LogP contribution in [0.1, 0.15) is 49.8 Å². The summed E-state index contributed by atoms with van der Waals surface area (Å²) in [4.78, 5) is 27.0. The summed E-state index contributed by atoms with van der Waals surface area (Å²) in [6.45, 7) is 1.50. The van der Waals surface area contributed by atoms with Crippen molar-refractivity contribution in [3.63, 3.8) is 0 Å². The maximum absolute atomic E-state index is 13.1. The molecule has 2 amide bonds. The Hall–Kier alpha value is -2.56. The van der Waals surface area contributed by atoms with Gasteiger partial charge in [0.25, 0.3) is 0 Å². The standard InChI is InChI=1S/C23H28N2O3/c26-21-10-12-23(24-21,15-20-7-4-14-28-20)13-11-22(27)25(17-19-8-9-19)16-18-5-2-1-3-6-18/h1-7,14,19H,8-13,15-17H2,(H,24,26). The molecule has 5 heteroatoms. The number of benzene rings is 1. The van der Waals surface area contributed by atoms with Crippen LogP contribution < -0.4 is 5.32 Å². The molecule has 1 aromatic carbocycles. The molecule has 0 bridgehead atoms. The van der Waals surface area contributed by atoms with Gasteiger partial charge in [0.15, 0.2) is 0 Å². The molecule has 5 nitrogen and oxygen atoms in total. The third-order valence-corrected chi connectivity index (χ3v) is 5.89. The largest absolute Gasteiger partial charge is 0.469 e. The van der Waals surface area contributed by atoms with Crippen LogP contribution in [0.4, 0.5) is 0 Å². The smallest absolute Gasteiger partial charge is 0.222 e. The summed E-state index contributed by atoms with van der Waals surface area (Å²) < 4.78 is 5.50. The van der Waals surface area contributed by atoms with Gasteiger partial charge >= 0.3 is 0 Å². The molecule has 0 spiro atoms. The molecule has 1 atom stereocenters. The summed E-state index contributed by atoms with van der Waals surface area (Å²) in [7, 11) is 0. The van der Waals surface area contributed by atoms with E-state index in [1.807, 2.05) is 35.2 Å². The van der Waals surface area contributed by atoms with Crippen molar-refractivity contribution in [2.75, 3.05) is 6.54 Å². The van der Waals surface area contributed by atoms with Gasteiger partial charge in [0, 0.05) is 37.9 Å². The third kappa shape index (κ3) is 4.83. The van der Waals surface area contributed by atoms with E-state index in [2.05, 4.69) is 17.4 Å². The van der Waals surface area contributed by atoms with Crippen molar-refractivity contribution >= 4 is 11.8 Å². The average Bonchev–Trinajstić information content (AvgIpc) is 3.23. The summed E-state index contributed by atoms with van der Waals surface area (Å²) >= 11 is 0. The second-order valence-electron chi connectivity index (χ2n) is 8.29. The first kappa shape index (κ1) is 18.8. The molecule has 1 aliphatic heterocycles. The highest BCUT2D eigenvalue weighted by Gasteiger charge is 2.39. The third-order valence-electron chi connectivity index (χ3n) is 5.89. The van der Waals surface area contributed by atoms with E-state index in [0.717, 1.165) is 24.3 Å². The van der Waals surface area contributed by atoms with Crippen LogP contribution in [0.2, 0.25) is 0 Å². The minimum absolute atomic E-state index is 0.0677. The number of nitrogens with zero attached hydrogens (tertiary/aromatic N) is 1. The van der Waals surface area contributed by atoms with E-state index < -0.39 is 0 Å². The van der Waals surface area contributed by atoms with Crippen molar-refractivity contribution in [3.8, 4) is 0 Å². The van der Waals surface area contributed by atoms with Crippen LogP contribution in [-0.2, 0) is 22.6 Å². The molecule has 0 radical (unpaired) electrons. The van der Waals surface area contributed by atoms with Crippen molar-refractivity contribution in [2.24, 2.45) is 5.92 Å². The van der Waals surface area contributed by atoms with Crippen molar-refractivity contribution in [1.29, 1.82) is 0 Å². The van der Waals surface area contributed by atoms with E-state index in [1.54, 1.807) is 6.26 Å². The SMILES string of the molecule is O=C1CCC(CCC(=O)N(Cc2ccccc2)CC2CC2)(Cc2ccco2)N1. The molecule has 2 fully saturated rings. The summed E-state index contributed by atoms with van der Waals surface area (Å²) in [6, 6.07) is 14.0. The fourth-order valence-corrected chi connectivity index (χ4v) is 4.10. The molecule has 1 aliphatic carbocycles. The van der Waals surface area contributed by atoms with Gasteiger partial charge in [-0.05, 0) is 49.3 Å². The number of amides is 2. The summed E-state index contributed by atoms with van der Waals surface area (Å²) in [5.74, 6) is 1.75. The molecule has 1 aromatic heterocycles. The lowest BCUT2D eigenvalue weighted by molar-refractivity contribution is -0.132. The van der Waals surface area contributed by atoms with Crippen LogP contribution in [0, 0.1) is 5.92 Å². The van der Waals surface area contributed by atoms with E-state index in [0.29, 0.717) is 38.1 Å². The highest BCUT2D eigenvalue weighted by atomic mass is 16.3. The van der Waals surface area contributed by atoms with E-state index >= 15 is 0 Å². The summed E-state index contributed by atoms with van der Waals surface area (Å²) in [5.41, 5.74) is 0.791. The van der Waals surface area contributed by atoms with Crippen LogP contribution >= 0.6 is 0 Å². The highest BCUT2D eigenvalue weighted by molar-refractivity contribution is 5.80. The first-order chi connectivity index (χ1) is 13.6. The molecule has 1 saturated carbocycles. The quantitative estimate of drug-likeness (QED) is 0.722. The zero-order valence-electron chi connectivity index (χ0n) is 16.2. The Bertz CT molecular complexity index is 799. The van der Waals surface area contributed by atoms with Crippen molar-refractivity contribution in [3.05, 3.63) is 60.1 Å². The average molecular weight is 380 g/mol. The highest BCUT2D eigenvalue weighted by Crippen LogP contribution is 2.32. The molecule has 148 valence electrons. The fraction of sp³-hybridized carbons (Fsp3) is 0.478. The normalized spacial score (nSPS) is 21.5. The lowest BCUT2D eigenvalue weighted by Gasteiger charge is -2.30. The molecular formula is C23H28N2O3. The number of hydrogen-bond acceptors (Lipinski definition) is 3. The first-order valence-corrected chi connectivity index (χ1v) is 10.3. The number of carbonyl (C=O) groups excluding carboxylic acids is 2. The van der Waals surface area contributed by atoms with Crippen LogP contribution in [0.3, 0.4) is 0 Å². The summed E-state index contributed by atoms with van der Waals surface area (Å²) in [5, 5.41) is 3.13. The van der Waals surface area contributed by atoms with Crippen LogP contribution in [0.15, 0.2) is 53.1 Å². The van der Waals surface area contributed by atoms with E-state index in [-0.39, 0.29) is 17.4 Å². The fourth-order valence-electron chi connectivity index (χ4n) is 4.10. The maximum atomic E-state index is 13.1. The number of nitrogens with one attached hydrogen (secondary N) is 1. The molecule has 4 rings (SSSR count). The van der Waals surface area contributed by atoms with Crippen LogP contribution in [0.5, 0.6) is 0 Å². The number of rotatable bonds is 9. The lowest BCUT2D eigenvalue weighted by Crippen LogP contribution is -2.45. The predicted octanol–water partition coefficient (Wildman–Crippen LogP) is 3.69. The molecule has 1 saturated heterocycles. The van der Waals surface area contributed by atoms with Gasteiger partial charge in [-0.1, -0.05) is 30.3 Å². The van der Waals surface area contributed by atoms with Gasteiger partial charge in [-0.2, -0.15) is 0 Å². The first-order valence-electron chi connectivity index (χ1n) is 10.3. The summed E-state index contributed by atoms with van der Waals surface area (Å²) in [6.07, 6.45) is 7.09. The Morgan fingerprint density at radius 1 is 1.18 bits per heavy atom. The molecular weight excluding hydrogens is 352 g/mol. The topological polar surface area (TPSA) is 62.6 Å². The predicted molar refractivity (Wildman–Crippen MR) is 106 cm³/mol. The maximum Gasteiger partial charge on any atom is 0.222 e. The monoisotopic (exact) mass is 380 g/mol. The molecule has 2 aliphatic rings. The minimum Gasteiger partial charge on any atom is -0.469 e. The molecule has 28 heavy (non-hydrogen) atoms. The van der Waals surface area contributed by atoms with E-state index in [9.17, 15) is 9.59 Å². The van der Waals surface area contributed by atoms with Gasteiger partial charge in [0.05, 0.1) is 6.26 Å². The zero-order chi connectivity index (χ0) is 19.4. The van der Waals surface area contributed by atoms with E-state index in [1.165, 1.54) is 12.8 Å². The second kappa shape index (κ2) is 8.21. The lowest BCUT2D eigenvalue weighted by atomic mass is 9.87. The van der Waals surface area contributed by atoms with E-state index in [4.69, 9.17) is 4.42 Å². The van der Waals surface area contributed by atoms with Crippen LogP contribution in [-0.4, -0.2) is 28.8 Å². The van der Waals surface area contributed by atoms with Gasteiger partial charge in [0.2, 0.25) is 11.8 Å². The molecule has 2 heterocycles. The van der Waals surface area contributed by atoms with Gasteiger partial charge in [-0.15, -0.1) is 0 Å². The minimum atomic E-state index is -0.372. The number of hydrogen-bond donors (Lipinski definition) is 1.